The molecule has 0 amide bonds. The molecule has 8 nitrogen and oxygen atoms in total. The molecule has 0 radical (unpaired) electrons. The number of thioether (sulfide) groups is 1. The van der Waals surface area contributed by atoms with Gasteiger partial charge in [-0.3, -0.25) is 0 Å². The summed E-state index contributed by atoms with van der Waals surface area (Å²) in [7, 11) is 1.96. The van der Waals surface area contributed by atoms with Crippen LogP contribution < -0.4 is 10.6 Å². The van der Waals surface area contributed by atoms with Crippen LogP contribution in [-0.2, 0) is 13.6 Å². The van der Waals surface area contributed by atoms with Crippen LogP contribution in [0.5, 0.6) is 0 Å². The van der Waals surface area contributed by atoms with Gasteiger partial charge in [0, 0.05) is 26.0 Å². The molecule has 2 heterocycles. The maximum absolute atomic E-state index is 4.75. The first-order valence-electron chi connectivity index (χ1n) is 10.1. The minimum Gasteiger partial charge on any atom is -0.356 e. The van der Waals surface area contributed by atoms with Crippen LogP contribution in [0.15, 0.2) is 47.7 Å². The molecule has 0 saturated carbocycles. The quantitative estimate of drug-likeness (QED) is 0.311. The van der Waals surface area contributed by atoms with Crippen LogP contribution in [0.2, 0.25) is 0 Å². The smallest absolute Gasteiger partial charge is 0.192 e. The van der Waals surface area contributed by atoms with E-state index in [4.69, 9.17) is 4.99 Å². The molecule has 30 heavy (non-hydrogen) atoms. The lowest BCUT2D eigenvalue weighted by atomic mass is 10.1. The van der Waals surface area contributed by atoms with Crippen LogP contribution >= 0.6 is 11.8 Å². The summed E-state index contributed by atoms with van der Waals surface area (Å²) in [5, 5.41) is 19.6. The maximum Gasteiger partial charge on any atom is 0.192 e. The third kappa shape index (κ3) is 5.85. The Morgan fingerprint density at radius 2 is 2.13 bits per heavy atom. The van der Waals surface area contributed by atoms with Gasteiger partial charge in [-0.05, 0) is 56.0 Å². The van der Waals surface area contributed by atoms with Crippen LogP contribution in [0, 0.1) is 6.92 Å². The van der Waals surface area contributed by atoms with Gasteiger partial charge < -0.3 is 15.2 Å². The van der Waals surface area contributed by atoms with Crippen LogP contribution in [0.3, 0.4) is 0 Å². The number of nitrogens with zero attached hydrogens (tertiary/aromatic N) is 6. The summed E-state index contributed by atoms with van der Waals surface area (Å²) in [5.41, 5.74) is 2.20. The van der Waals surface area contributed by atoms with Gasteiger partial charge in [-0.1, -0.05) is 12.1 Å². The zero-order chi connectivity index (χ0) is 21.3. The fourth-order valence-corrected chi connectivity index (χ4v) is 3.39. The molecule has 0 aliphatic rings. The van der Waals surface area contributed by atoms with Crippen molar-refractivity contribution in [3.05, 3.63) is 59.9 Å². The van der Waals surface area contributed by atoms with E-state index in [1.807, 2.05) is 47.2 Å². The van der Waals surface area contributed by atoms with E-state index in [-0.39, 0.29) is 6.04 Å². The second-order valence-electron chi connectivity index (χ2n) is 7.07. The molecule has 0 saturated heterocycles. The molecule has 2 N–H and O–H groups in total. The fraction of sp³-hybridized carbons (Fsp3) is 0.429. The number of hydrogen-bond donors (Lipinski definition) is 2. The van der Waals surface area contributed by atoms with Gasteiger partial charge in [-0.2, -0.15) is 16.9 Å². The first-order chi connectivity index (χ1) is 14.6. The number of benzene rings is 1. The topological polar surface area (TPSA) is 85.0 Å². The molecular formula is C21H30N8S. The second kappa shape index (κ2) is 10.8. The van der Waals surface area contributed by atoms with Crippen molar-refractivity contribution in [3.63, 3.8) is 0 Å². The Labute approximate surface area is 182 Å². The van der Waals surface area contributed by atoms with Gasteiger partial charge in [0.05, 0.1) is 11.7 Å². The number of guanidine groups is 1. The van der Waals surface area contributed by atoms with Gasteiger partial charge in [0.2, 0.25) is 0 Å². The van der Waals surface area contributed by atoms with E-state index >= 15 is 0 Å². The van der Waals surface area contributed by atoms with E-state index < -0.39 is 0 Å². The number of nitrogens with one attached hydrogen (secondary N) is 2. The van der Waals surface area contributed by atoms with Crippen molar-refractivity contribution < 1.29 is 0 Å². The minimum atomic E-state index is 0.0774. The first-order valence-corrected chi connectivity index (χ1v) is 11.5. The second-order valence-corrected chi connectivity index (χ2v) is 8.06. The van der Waals surface area contributed by atoms with Gasteiger partial charge in [-0.25, -0.2) is 9.67 Å². The van der Waals surface area contributed by atoms with Crippen LogP contribution in [0.1, 0.15) is 36.6 Å². The average molecular weight is 427 g/mol. The van der Waals surface area contributed by atoms with Gasteiger partial charge >= 0.3 is 0 Å². The van der Waals surface area contributed by atoms with Crippen molar-refractivity contribution in [2.45, 2.75) is 32.9 Å². The van der Waals surface area contributed by atoms with E-state index in [1.165, 1.54) is 0 Å². The summed E-state index contributed by atoms with van der Waals surface area (Å²) in [6, 6.07) is 10.4. The third-order valence-electron chi connectivity index (χ3n) is 4.87. The molecule has 2 aromatic heterocycles. The first kappa shape index (κ1) is 21.9. The number of hydrogen-bond acceptors (Lipinski definition) is 5. The molecule has 0 fully saturated rings. The minimum absolute atomic E-state index is 0.0774. The number of aryl methyl sites for hydroxylation is 1. The van der Waals surface area contributed by atoms with E-state index in [1.54, 1.807) is 6.20 Å². The Bertz CT molecular complexity index is 948. The normalized spacial score (nSPS) is 12.7. The summed E-state index contributed by atoms with van der Waals surface area (Å²) in [6.07, 6.45) is 6.93. The summed E-state index contributed by atoms with van der Waals surface area (Å²) in [5.74, 6) is 3.61. The molecule has 3 aromatic rings. The molecule has 160 valence electrons. The van der Waals surface area contributed by atoms with Crippen molar-refractivity contribution in [1.82, 2.24) is 35.2 Å². The van der Waals surface area contributed by atoms with Gasteiger partial charge in [0.15, 0.2) is 11.8 Å². The van der Waals surface area contributed by atoms with E-state index in [0.29, 0.717) is 6.54 Å². The van der Waals surface area contributed by atoms with Crippen LogP contribution in [-0.4, -0.2) is 49.1 Å². The monoisotopic (exact) mass is 426 g/mol. The summed E-state index contributed by atoms with van der Waals surface area (Å²) >= 11 is 1.85. The van der Waals surface area contributed by atoms with Crippen molar-refractivity contribution >= 4 is 17.7 Å². The maximum atomic E-state index is 4.75. The largest absolute Gasteiger partial charge is 0.356 e. The lowest BCUT2D eigenvalue weighted by Gasteiger charge is -2.19. The highest BCUT2D eigenvalue weighted by molar-refractivity contribution is 7.98. The highest BCUT2D eigenvalue weighted by atomic mass is 32.2. The van der Waals surface area contributed by atoms with Crippen molar-refractivity contribution in [2.75, 3.05) is 18.6 Å². The van der Waals surface area contributed by atoms with Crippen molar-refractivity contribution in [1.29, 1.82) is 0 Å². The third-order valence-corrected chi connectivity index (χ3v) is 5.57. The van der Waals surface area contributed by atoms with E-state index in [2.05, 4.69) is 63.4 Å². The summed E-state index contributed by atoms with van der Waals surface area (Å²) < 4.78 is 3.83. The summed E-state index contributed by atoms with van der Waals surface area (Å²) in [4.78, 5) is 4.75. The van der Waals surface area contributed by atoms with E-state index in [0.717, 1.165) is 47.6 Å². The molecule has 1 aromatic carbocycles. The zero-order valence-corrected chi connectivity index (χ0v) is 18.9. The molecule has 1 unspecified atom stereocenters. The average Bonchev–Trinajstić information content (AvgIpc) is 3.40. The van der Waals surface area contributed by atoms with Crippen LogP contribution in [0.25, 0.3) is 5.69 Å². The highest BCUT2D eigenvalue weighted by Gasteiger charge is 2.11. The van der Waals surface area contributed by atoms with Crippen molar-refractivity contribution in [2.24, 2.45) is 12.0 Å². The Balaban J connectivity index is 1.71. The predicted octanol–water partition coefficient (Wildman–Crippen LogP) is 2.86. The van der Waals surface area contributed by atoms with Gasteiger partial charge in [0.1, 0.15) is 12.4 Å². The van der Waals surface area contributed by atoms with E-state index in [9.17, 15) is 0 Å². The number of aromatic nitrogens is 5. The SMILES string of the molecule is CSCCCNC(=NCc1nnc(C)n1C)NC(C)c1cccc(-n2cccn2)c1. The fourth-order valence-electron chi connectivity index (χ4n) is 2.96. The van der Waals surface area contributed by atoms with Gasteiger partial charge in [-0.15, -0.1) is 10.2 Å². The standard InChI is InChI=1S/C21H30N8S/c1-16(18-8-5-9-19(14-18)29-12-6-11-24-29)25-21(22-10-7-13-30-4)23-15-20-27-26-17(2)28(20)3/h5-6,8-9,11-12,14,16H,7,10,13,15H2,1-4H3,(H2,22,23,25). The Hall–Kier alpha value is -2.81. The number of rotatable bonds is 9. The predicted molar refractivity (Wildman–Crippen MR) is 123 cm³/mol. The Morgan fingerprint density at radius 1 is 1.27 bits per heavy atom. The molecule has 9 heteroatoms. The van der Waals surface area contributed by atoms with Gasteiger partial charge in [0.25, 0.3) is 0 Å². The Kier molecular flexibility index (Phi) is 7.89. The summed E-state index contributed by atoms with van der Waals surface area (Å²) in [6.45, 7) is 5.41. The number of aliphatic imine (C=N–C) groups is 1. The van der Waals surface area contributed by atoms with Crippen molar-refractivity contribution in [3.8, 4) is 5.69 Å². The molecule has 0 aliphatic heterocycles. The zero-order valence-electron chi connectivity index (χ0n) is 18.0. The molecule has 1 atom stereocenters. The molecule has 3 rings (SSSR count). The highest BCUT2D eigenvalue weighted by Crippen LogP contribution is 2.16. The molecule has 0 bridgehead atoms. The molecule has 0 aliphatic carbocycles. The molecular weight excluding hydrogens is 396 g/mol. The lowest BCUT2D eigenvalue weighted by Crippen LogP contribution is -2.39. The lowest BCUT2D eigenvalue weighted by molar-refractivity contribution is 0.672. The Morgan fingerprint density at radius 3 is 2.83 bits per heavy atom. The molecule has 0 spiro atoms. The van der Waals surface area contributed by atoms with Crippen LogP contribution in [0.4, 0.5) is 0 Å².